The van der Waals surface area contributed by atoms with Crippen LogP contribution in [0, 0.1) is 22.7 Å². The number of fused-ring (bicyclic) bond motifs is 2. The lowest BCUT2D eigenvalue weighted by atomic mass is 9.69. The summed E-state index contributed by atoms with van der Waals surface area (Å²) in [7, 11) is 0. The molecule has 0 aromatic rings. The first-order chi connectivity index (χ1) is 16.1. The first-order valence-corrected chi connectivity index (χ1v) is 13.4. The second-order valence-electron chi connectivity index (χ2n) is 11.8. The molecule has 0 spiro atoms. The van der Waals surface area contributed by atoms with Gasteiger partial charge in [-0.15, -0.1) is 0 Å². The van der Waals surface area contributed by atoms with Crippen LogP contribution in [-0.4, -0.2) is 47.7 Å². The van der Waals surface area contributed by atoms with Crippen molar-refractivity contribution in [1.82, 2.24) is 16.0 Å². The number of amides is 3. The molecule has 34 heavy (non-hydrogen) atoms. The molecule has 2 bridgehead atoms. The fraction of sp³-hybridized carbons (Fsp3) is 0.885. The number of hydrogen-bond donors (Lipinski definition) is 5. The molecule has 194 valence electrons. The second kappa shape index (κ2) is 11.3. The zero-order valence-electron chi connectivity index (χ0n) is 21.3. The van der Waals surface area contributed by atoms with E-state index in [1.807, 2.05) is 0 Å². The smallest absolute Gasteiger partial charge is 0.326 e. The minimum Gasteiger partial charge on any atom is -0.480 e. The van der Waals surface area contributed by atoms with E-state index in [-0.39, 0.29) is 41.7 Å². The number of carbonyl (C=O) groups excluding carboxylic acids is 2. The summed E-state index contributed by atoms with van der Waals surface area (Å²) in [6, 6.07) is -1.65. The van der Waals surface area contributed by atoms with Crippen LogP contribution >= 0.6 is 0 Å². The number of nitrogens with one attached hydrogen (secondary N) is 3. The molecule has 0 aromatic heterocycles. The second-order valence-corrected chi connectivity index (χ2v) is 11.8. The molecule has 3 aliphatic rings. The molecule has 6 N–H and O–H groups in total. The van der Waals surface area contributed by atoms with Crippen LogP contribution in [0.25, 0.3) is 0 Å². The Hall–Kier alpha value is -1.83. The van der Waals surface area contributed by atoms with E-state index in [9.17, 15) is 19.5 Å². The number of nitrogens with two attached hydrogens (primary N) is 1. The highest BCUT2D eigenvalue weighted by Gasteiger charge is 2.61. The van der Waals surface area contributed by atoms with Gasteiger partial charge in [0.1, 0.15) is 6.04 Å². The minimum absolute atomic E-state index is 0.0198. The Bertz CT molecular complexity index is 736. The molecule has 0 aromatic carbocycles. The summed E-state index contributed by atoms with van der Waals surface area (Å²) in [5.74, 6) is 0.0374. The SMILES string of the molecule is CC1(C)[C@@H]2CC[C@@]1(C)C(NC(=O)CC(CC1CCCCC1)NC(=O)N[C@@H](CCCN)C(=O)O)C2. The number of hydrogen-bond acceptors (Lipinski definition) is 4. The number of carboxylic acids is 1. The van der Waals surface area contributed by atoms with Crippen LogP contribution in [0.3, 0.4) is 0 Å². The van der Waals surface area contributed by atoms with Crippen molar-refractivity contribution in [2.75, 3.05) is 6.54 Å². The standard InChI is InChI=1S/C26H46N4O4/c1-25(2)18-11-12-26(25,3)21(15-18)30-22(31)16-19(14-17-8-5-4-6-9-17)28-24(34)29-20(23(32)33)10-7-13-27/h17-21H,4-16,27H2,1-3H3,(H,30,31)(H,32,33)(H2,28,29,34)/t18-,19?,20+,21?,26+/m1/s1. The zero-order valence-corrected chi connectivity index (χ0v) is 21.3. The highest BCUT2D eigenvalue weighted by Crippen LogP contribution is 2.65. The van der Waals surface area contributed by atoms with Gasteiger partial charge >= 0.3 is 12.0 Å². The molecule has 3 amide bonds. The van der Waals surface area contributed by atoms with Gasteiger partial charge in [-0.1, -0.05) is 52.9 Å². The van der Waals surface area contributed by atoms with E-state index < -0.39 is 18.0 Å². The molecule has 2 unspecified atom stereocenters. The van der Waals surface area contributed by atoms with Crippen molar-refractivity contribution in [2.45, 2.75) is 116 Å². The van der Waals surface area contributed by atoms with Gasteiger partial charge in [0, 0.05) is 18.5 Å². The van der Waals surface area contributed by atoms with Crippen LogP contribution in [-0.2, 0) is 9.59 Å². The lowest BCUT2D eigenvalue weighted by Gasteiger charge is -2.39. The van der Waals surface area contributed by atoms with E-state index in [4.69, 9.17) is 5.73 Å². The number of rotatable bonds is 11. The maximum absolute atomic E-state index is 13.1. The van der Waals surface area contributed by atoms with Gasteiger partial charge in [0.2, 0.25) is 5.91 Å². The Morgan fingerprint density at radius 2 is 1.76 bits per heavy atom. The maximum atomic E-state index is 13.1. The number of urea groups is 1. The molecular weight excluding hydrogens is 432 g/mol. The monoisotopic (exact) mass is 478 g/mol. The number of carboxylic acid groups (broad SMARTS) is 1. The van der Waals surface area contributed by atoms with Gasteiger partial charge in [-0.05, 0) is 67.7 Å². The van der Waals surface area contributed by atoms with Gasteiger partial charge in [0.05, 0.1) is 0 Å². The van der Waals surface area contributed by atoms with Crippen LogP contribution < -0.4 is 21.7 Å². The molecule has 0 saturated heterocycles. The van der Waals surface area contributed by atoms with Crippen molar-refractivity contribution in [3.8, 4) is 0 Å². The molecule has 0 radical (unpaired) electrons. The van der Waals surface area contributed by atoms with Crippen LogP contribution in [0.4, 0.5) is 4.79 Å². The van der Waals surface area contributed by atoms with Gasteiger partial charge in [-0.3, -0.25) is 4.79 Å². The van der Waals surface area contributed by atoms with Crippen LogP contribution in [0.2, 0.25) is 0 Å². The van der Waals surface area contributed by atoms with E-state index in [2.05, 4.69) is 36.7 Å². The summed E-state index contributed by atoms with van der Waals surface area (Å²) in [5.41, 5.74) is 5.83. The molecule has 3 aliphatic carbocycles. The topological polar surface area (TPSA) is 134 Å². The summed E-state index contributed by atoms with van der Waals surface area (Å²) in [6.07, 6.45) is 11.0. The number of aliphatic carboxylic acids is 1. The average molecular weight is 479 g/mol. The van der Waals surface area contributed by atoms with Crippen molar-refractivity contribution < 1.29 is 19.5 Å². The van der Waals surface area contributed by atoms with E-state index in [1.54, 1.807) is 0 Å². The van der Waals surface area contributed by atoms with E-state index in [0.717, 1.165) is 32.1 Å². The molecule has 5 atom stereocenters. The van der Waals surface area contributed by atoms with Crippen LogP contribution in [0.5, 0.6) is 0 Å². The largest absolute Gasteiger partial charge is 0.480 e. The summed E-state index contributed by atoms with van der Waals surface area (Å²) in [4.78, 5) is 37.3. The third-order valence-corrected chi connectivity index (χ3v) is 9.54. The summed E-state index contributed by atoms with van der Waals surface area (Å²) >= 11 is 0. The fourth-order valence-corrected chi connectivity index (χ4v) is 6.88. The molecule has 3 rings (SSSR count). The van der Waals surface area contributed by atoms with E-state index >= 15 is 0 Å². The molecule has 8 heteroatoms. The Kier molecular flexibility index (Phi) is 8.87. The van der Waals surface area contributed by atoms with E-state index in [0.29, 0.717) is 24.8 Å². The first-order valence-electron chi connectivity index (χ1n) is 13.4. The zero-order chi connectivity index (χ0) is 24.9. The Labute approximate surface area is 204 Å². The minimum atomic E-state index is -1.07. The van der Waals surface area contributed by atoms with Crippen molar-refractivity contribution in [3.63, 3.8) is 0 Å². The third kappa shape index (κ3) is 6.04. The molecular formula is C26H46N4O4. The van der Waals surface area contributed by atoms with Crippen LogP contribution in [0.15, 0.2) is 0 Å². The summed E-state index contributed by atoms with van der Waals surface area (Å²) in [6.45, 7) is 7.34. The first kappa shape index (κ1) is 26.8. The van der Waals surface area contributed by atoms with Crippen molar-refractivity contribution >= 4 is 17.9 Å². The van der Waals surface area contributed by atoms with Crippen molar-refractivity contribution in [2.24, 2.45) is 28.4 Å². The summed E-state index contributed by atoms with van der Waals surface area (Å²) in [5, 5.41) is 18.2. The quantitative estimate of drug-likeness (QED) is 0.310. The summed E-state index contributed by atoms with van der Waals surface area (Å²) < 4.78 is 0. The van der Waals surface area contributed by atoms with Crippen molar-refractivity contribution in [1.29, 1.82) is 0 Å². The molecule has 0 heterocycles. The van der Waals surface area contributed by atoms with Gasteiger partial charge in [0.15, 0.2) is 0 Å². The van der Waals surface area contributed by atoms with Gasteiger partial charge in [0.25, 0.3) is 0 Å². The van der Waals surface area contributed by atoms with Crippen molar-refractivity contribution in [3.05, 3.63) is 0 Å². The lowest BCUT2D eigenvalue weighted by molar-refractivity contribution is -0.139. The Morgan fingerprint density at radius 3 is 2.32 bits per heavy atom. The molecule has 3 saturated carbocycles. The lowest BCUT2D eigenvalue weighted by Crippen LogP contribution is -2.52. The number of carbonyl (C=O) groups is 3. The Morgan fingerprint density at radius 1 is 1.06 bits per heavy atom. The fourth-order valence-electron chi connectivity index (χ4n) is 6.88. The van der Waals surface area contributed by atoms with Crippen LogP contribution in [0.1, 0.15) is 97.8 Å². The third-order valence-electron chi connectivity index (χ3n) is 9.54. The molecule has 3 fully saturated rings. The van der Waals surface area contributed by atoms with Gasteiger partial charge < -0.3 is 26.8 Å². The molecule has 0 aliphatic heterocycles. The van der Waals surface area contributed by atoms with Gasteiger partial charge in [-0.25, -0.2) is 9.59 Å². The highest BCUT2D eigenvalue weighted by molar-refractivity contribution is 5.83. The maximum Gasteiger partial charge on any atom is 0.326 e. The van der Waals surface area contributed by atoms with Gasteiger partial charge in [-0.2, -0.15) is 0 Å². The highest BCUT2D eigenvalue weighted by atomic mass is 16.4. The van der Waals surface area contributed by atoms with E-state index in [1.165, 1.54) is 25.7 Å². The Balaban J connectivity index is 1.60. The predicted molar refractivity (Wildman–Crippen MR) is 132 cm³/mol. The molecule has 8 nitrogen and oxygen atoms in total. The predicted octanol–water partition coefficient (Wildman–Crippen LogP) is 3.54. The normalized spacial score (nSPS) is 29.9. The average Bonchev–Trinajstić information content (AvgIpc) is 3.10.